The molecule has 0 aliphatic carbocycles. The van der Waals surface area contributed by atoms with Crippen molar-refractivity contribution in [3.05, 3.63) is 48.3 Å². The van der Waals surface area contributed by atoms with E-state index in [1.54, 1.807) is 12.3 Å². The average Bonchev–Trinajstić information content (AvgIpc) is 2.56. The number of pyridine rings is 1. The molecule has 2 rings (SSSR count). The molecule has 5 heteroatoms. The third kappa shape index (κ3) is 4.98. The van der Waals surface area contributed by atoms with Gasteiger partial charge in [-0.25, -0.2) is 4.98 Å². The second kappa shape index (κ2) is 8.17. The quantitative estimate of drug-likeness (QED) is 0.769. The van der Waals surface area contributed by atoms with Crippen molar-refractivity contribution in [2.75, 3.05) is 30.9 Å². The monoisotopic (exact) mass is 312 g/mol. The van der Waals surface area contributed by atoms with E-state index in [0.29, 0.717) is 12.2 Å². The van der Waals surface area contributed by atoms with Gasteiger partial charge in [0.15, 0.2) is 0 Å². The molecule has 0 saturated carbocycles. The predicted molar refractivity (Wildman–Crippen MR) is 95.5 cm³/mol. The number of hydrogen-bond donors (Lipinski definition) is 2. The molecule has 0 aliphatic heterocycles. The fourth-order valence-corrected chi connectivity index (χ4v) is 2.08. The van der Waals surface area contributed by atoms with Gasteiger partial charge in [0.25, 0.3) is 5.91 Å². The van der Waals surface area contributed by atoms with Crippen LogP contribution in [0.3, 0.4) is 0 Å². The number of anilines is 3. The first-order valence-corrected chi connectivity index (χ1v) is 7.89. The number of rotatable bonds is 7. The van der Waals surface area contributed by atoms with E-state index >= 15 is 0 Å². The second-order valence-electron chi connectivity index (χ2n) is 5.61. The summed E-state index contributed by atoms with van der Waals surface area (Å²) in [5, 5.41) is 6.14. The zero-order chi connectivity index (χ0) is 16.7. The number of benzene rings is 1. The van der Waals surface area contributed by atoms with Crippen LogP contribution < -0.4 is 15.5 Å². The first kappa shape index (κ1) is 16.8. The largest absolute Gasteiger partial charge is 0.378 e. The van der Waals surface area contributed by atoms with E-state index in [0.717, 1.165) is 29.9 Å². The van der Waals surface area contributed by atoms with E-state index < -0.39 is 0 Å². The Morgan fingerprint density at radius 1 is 1.09 bits per heavy atom. The maximum absolute atomic E-state index is 11.9. The summed E-state index contributed by atoms with van der Waals surface area (Å²) in [6.07, 6.45) is 3.71. The molecule has 1 amide bonds. The van der Waals surface area contributed by atoms with Crippen LogP contribution in [-0.4, -0.2) is 31.5 Å². The van der Waals surface area contributed by atoms with Crippen LogP contribution >= 0.6 is 0 Å². The Morgan fingerprint density at radius 3 is 2.35 bits per heavy atom. The highest BCUT2D eigenvalue weighted by atomic mass is 16.1. The van der Waals surface area contributed by atoms with Crippen molar-refractivity contribution in [3.63, 3.8) is 0 Å². The highest BCUT2D eigenvalue weighted by Gasteiger charge is 2.06. The molecule has 122 valence electrons. The van der Waals surface area contributed by atoms with E-state index in [1.807, 2.05) is 44.4 Å². The van der Waals surface area contributed by atoms with Crippen LogP contribution in [0.2, 0.25) is 0 Å². The SMILES string of the molecule is CCCCNC(=O)c1ccc(Nc2ccc(N(C)C)cc2)cn1. The molecule has 0 bridgehead atoms. The smallest absolute Gasteiger partial charge is 0.269 e. The lowest BCUT2D eigenvalue weighted by Gasteiger charge is -2.13. The van der Waals surface area contributed by atoms with Gasteiger partial charge in [-0.15, -0.1) is 0 Å². The van der Waals surface area contributed by atoms with Crippen LogP contribution in [0.25, 0.3) is 0 Å². The molecule has 0 radical (unpaired) electrons. The summed E-state index contributed by atoms with van der Waals surface area (Å²) in [5.41, 5.74) is 3.42. The molecule has 1 aromatic heterocycles. The lowest BCUT2D eigenvalue weighted by molar-refractivity contribution is 0.0948. The Labute approximate surface area is 137 Å². The molecule has 0 aliphatic rings. The van der Waals surface area contributed by atoms with Gasteiger partial charge in [-0.1, -0.05) is 13.3 Å². The van der Waals surface area contributed by atoms with Crippen molar-refractivity contribution in [3.8, 4) is 0 Å². The van der Waals surface area contributed by atoms with Crippen LogP contribution in [0.4, 0.5) is 17.1 Å². The van der Waals surface area contributed by atoms with Crippen molar-refractivity contribution in [2.45, 2.75) is 19.8 Å². The number of carbonyl (C=O) groups excluding carboxylic acids is 1. The number of aromatic nitrogens is 1. The van der Waals surface area contributed by atoms with E-state index in [9.17, 15) is 4.79 Å². The van der Waals surface area contributed by atoms with Gasteiger partial charge >= 0.3 is 0 Å². The van der Waals surface area contributed by atoms with E-state index in [2.05, 4.69) is 27.4 Å². The second-order valence-corrected chi connectivity index (χ2v) is 5.61. The third-order valence-corrected chi connectivity index (χ3v) is 3.48. The van der Waals surface area contributed by atoms with Crippen molar-refractivity contribution < 1.29 is 4.79 Å². The van der Waals surface area contributed by atoms with Crippen LogP contribution in [0, 0.1) is 0 Å². The minimum atomic E-state index is -0.125. The van der Waals surface area contributed by atoms with Crippen LogP contribution in [0.1, 0.15) is 30.3 Å². The standard InChI is InChI=1S/C18H24N4O/c1-4-5-12-19-18(23)17-11-8-15(13-20-17)21-14-6-9-16(10-7-14)22(2)3/h6-11,13,21H,4-5,12H2,1-3H3,(H,19,23). The van der Waals surface area contributed by atoms with Crippen molar-refractivity contribution in [1.29, 1.82) is 0 Å². The van der Waals surface area contributed by atoms with Crippen molar-refractivity contribution in [1.82, 2.24) is 10.3 Å². The molecule has 2 N–H and O–H groups in total. The highest BCUT2D eigenvalue weighted by molar-refractivity contribution is 5.92. The van der Waals surface area contributed by atoms with E-state index in [1.165, 1.54) is 0 Å². The number of hydrogen-bond acceptors (Lipinski definition) is 4. The fraction of sp³-hybridized carbons (Fsp3) is 0.333. The van der Waals surface area contributed by atoms with Gasteiger partial charge < -0.3 is 15.5 Å². The van der Waals surface area contributed by atoms with Gasteiger partial charge in [0, 0.05) is 32.0 Å². The first-order valence-electron chi connectivity index (χ1n) is 7.89. The van der Waals surface area contributed by atoms with Crippen molar-refractivity contribution in [2.24, 2.45) is 0 Å². The molecule has 0 spiro atoms. The lowest BCUT2D eigenvalue weighted by atomic mass is 10.2. The molecule has 0 atom stereocenters. The number of amides is 1. The van der Waals surface area contributed by atoms with Gasteiger partial charge in [0.1, 0.15) is 5.69 Å². The number of unbranched alkanes of at least 4 members (excludes halogenated alkanes) is 1. The predicted octanol–water partition coefficient (Wildman–Crippen LogP) is 3.42. The van der Waals surface area contributed by atoms with Crippen LogP contribution in [0.5, 0.6) is 0 Å². The van der Waals surface area contributed by atoms with Crippen LogP contribution in [-0.2, 0) is 0 Å². The minimum absolute atomic E-state index is 0.125. The fourth-order valence-electron chi connectivity index (χ4n) is 2.08. The number of nitrogens with one attached hydrogen (secondary N) is 2. The first-order chi connectivity index (χ1) is 11.1. The van der Waals surface area contributed by atoms with E-state index in [4.69, 9.17) is 0 Å². The highest BCUT2D eigenvalue weighted by Crippen LogP contribution is 2.19. The maximum atomic E-state index is 11.9. The van der Waals surface area contributed by atoms with E-state index in [-0.39, 0.29) is 5.91 Å². The summed E-state index contributed by atoms with van der Waals surface area (Å²) in [4.78, 5) is 18.2. The summed E-state index contributed by atoms with van der Waals surface area (Å²) in [7, 11) is 4.02. The Morgan fingerprint density at radius 2 is 1.78 bits per heavy atom. The van der Waals surface area contributed by atoms with Gasteiger partial charge in [-0.3, -0.25) is 4.79 Å². The topological polar surface area (TPSA) is 57.3 Å². The summed E-state index contributed by atoms with van der Waals surface area (Å²) >= 11 is 0. The molecule has 23 heavy (non-hydrogen) atoms. The number of carbonyl (C=O) groups is 1. The molecule has 1 aromatic carbocycles. The average molecular weight is 312 g/mol. The zero-order valence-corrected chi connectivity index (χ0v) is 14.0. The lowest BCUT2D eigenvalue weighted by Crippen LogP contribution is -2.25. The zero-order valence-electron chi connectivity index (χ0n) is 14.0. The number of nitrogens with zero attached hydrogens (tertiary/aromatic N) is 2. The van der Waals surface area contributed by atoms with Gasteiger partial charge in [0.2, 0.25) is 0 Å². The Balaban J connectivity index is 1.95. The summed E-state index contributed by atoms with van der Waals surface area (Å²) < 4.78 is 0. The minimum Gasteiger partial charge on any atom is -0.378 e. The normalized spacial score (nSPS) is 10.2. The Hall–Kier alpha value is -2.56. The maximum Gasteiger partial charge on any atom is 0.269 e. The van der Waals surface area contributed by atoms with Gasteiger partial charge in [-0.05, 0) is 42.8 Å². The Bertz CT molecular complexity index is 620. The summed E-state index contributed by atoms with van der Waals surface area (Å²) in [6.45, 7) is 2.78. The summed E-state index contributed by atoms with van der Waals surface area (Å²) in [6, 6.07) is 11.7. The molecular formula is C18H24N4O. The van der Waals surface area contributed by atoms with Gasteiger partial charge in [0.05, 0.1) is 11.9 Å². The molecule has 0 unspecified atom stereocenters. The molecule has 1 heterocycles. The summed E-state index contributed by atoms with van der Waals surface area (Å²) in [5.74, 6) is -0.125. The molecule has 2 aromatic rings. The van der Waals surface area contributed by atoms with Gasteiger partial charge in [-0.2, -0.15) is 0 Å². The third-order valence-electron chi connectivity index (χ3n) is 3.48. The molecule has 5 nitrogen and oxygen atoms in total. The molecule has 0 saturated heterocycles. The Kier molecular flexibility index (Phi) is 5.97. The molecule has 0 fully saturated rings. The molecular weight excluding hydrogens is 288 g/mol. The van der Waals surface area contributed by atoms with Crippen LogP contribution in [0.15, 0.2) is 42.6 Å². The van der Waals surface area contributed by atoms with Crippen molar-refractivity contribution >= 4 is 23.0 Å².